The SMILES string of the molecule is Cc1cc(C)c(-c2n[n-]c(-c3ccc4c5ccccc5n(-c5[c-]c6c(cc5)c5ccccc5n6-c5cc(C(C)(C)C)ccn5)c4n3)c2-c2c(C)cc(C)cc2C)c(C)c1.[Pt+2]. The fourth-order valence-electron chi connectivity index (χ4n) is 9.50. The Morgan fingerprint density at radius 3 is 1.82 bits per heavy atom. The third-order valence-electron chi connectivity index (χ3n) is 12.0. The van der Waals surface area contributed by atoms with E-state index in [1.165, 1.54) is 38.9 Å². The predicted octanol–water partition coefficient (Wildman–Crippen LogP) is 13.0. The second-order valence-corrected chi connectivity index (χ2v) is 17.4. The Bertz CT molecular complexity index is 3290. The molecule has 0 bridgehead atoms. The van der Waals surface area contributed by atoms with Crippen LogP contribution >= 0.6 is 0 Å². The Morgan fingerprint density at radius 1 is 0.583 bits per heavy atom. The molecule has 0 radical (unpaired) electrons. The van der Waals surface area contributed by atoms with Gasteiger partial charge in [0.15, 0.2) is 0 Å². The molecule has 0 N–H and O–H groups in total. The molecule has 0 spiro atoms. The van der Waals surface area contributed by atoms with Crippen molar-refractivity contribution in [3.05, 3.63) is 160 Å². The van der Waals surface area contributed by atoms with Crippen LogP contribution in [0.15, 0.2) is 115 Å². The molecule has 0 amide bonds. The number of benzene rings is 5. The van der Waals surface area contributed by atoms with E-state index < -0.39 is 0 Å². The van der Waals surface area contributed by atoms with Crippen molar-refractivity contribution >= 4 is 43.7 Å². The van der Waals surface area contributed by atoms with Gasteiger partial charge in [0.25, 0.3) is 0 Å². The number of rotatable bonds is 5. The van der Waals surface area contributed by atoms with Gasteiger partial charge in [0.1, 0.15) is 11.5 Å². The summed E-state index contributed by atoms with van der Waals surface area (Å²) >= 11 is 0. The largest absolute Gasteiger partial charge is 2.00 e. The standard InChI is InChI=1S/C53H46N6.Pt/c1-30-24-32(3)47(33(4)25-30)49-50(56-57-51(49)48-34(5)26-31(2)27-35(48)6)42-21-20-41-39-15-11-12-16-43(39)58(52(41)55-42)37-18-19-40-38-14-10-13-17-44(38)59(45(40)29-37)46-28-36(22-23-54-46)53(7,8)9;/h10-28H,1-9H3;/q-2;+2. The van der Waals surface area contributed by atoms with Crippen LogP contribution in [0.4, 0.5) is 0 Å². The molecule has 0 unspecified atom stereocenters. The maximum Gasteiger partial charge on any atom is 2.00 e. The fourth-order valence-corrected chi connectivity index (χ4v) is 9.50. The van der Waals surface area contributed by atoms with Gasteiger partial charge in [0.2, 0.25) is 0 Å². The van der Waals surface area contributed by atoms with Crippen molar-refractivity contribution in [3.63, 3.8) is 0 Å². The topological polar surface area (TPSA) is 62.6 Å². The second-order valence-electron chi connectivity index (χ2n) is 17.4. The number of aryl methyl sites for hydroxylation is 6. The van der Waals surface area contributed by atoms with Crippen LogP contribution in [-0.4, -0.2) is 24.2 Å². The van der Waals surface area contributed by atoms with Gasteiger partial charge in [-0.05, 0) is 128 Å². The van der Waals surface area contributed by atoms with Crippen molar-refractivity contribution in [2.24, 2.45) is 0 Å². The van der Waals surface area contributed by atoms with Crippen molar-refractivity contribution in [2.45, 2.75) is 67.7 Å². The number of hydrogen-bond acceptors (Lipinski definition) is 3. The molecule has 10 rings (SSSR count). The Morgan fingerprint density at radius 2 is 1.17 bits per heavy atom. The molecule has 0 aliphatic rings. The first kappa shape index (κ1) is 39.4. The Balaban J connectivity index is 0.00000462. The minimum Gasteiger partial charge on any atom is -0.573 e. The van der Waals surface area contributed by atoms with Crippen LogP contribution in [0, 0.1) is 47.6 Å². The average Bonchev–Trinajstić information content (AvgIpc) is 3.87. The van der Waals surface area contributed by atoms with Gasteiger partial charge >= 0.3 is 21.1 Å². The predicted molar refractivity (Wildman–Crippen MR) is 244 cm³/mol. The van der Waals surface area contributed by atoms with E-state index in [1.807, 2.05) is 6.20 Å². The first-order chi connectivity index (χ1) is 28.4. The van der Waals surface area contributed by atoms with Crippen LogP contribution in [-0.2, 0) is 26.5 Å². The number of nitrogens with zero attached hydrogens (tertiary/aromatic N) is 6. The molecule has 6 nitrogen and oxygen atoms in total. The van der Waals surface area contributed by atoms with Crippen molar-refractivity contribution in [1.82, 2.24) is 29.3 Å². The summed E-state index contributed by atoms with van der Waals surface area (Å²) in [5.41, 5.74) is 19.0. The smallest absolute Gasteiger partial charge is 0.573 e. The van der Waals surface area contributed by atoms with Crippen LogP contribution in [0.1, 0.15) is 59.7 Å². The van der Waals surface area contributed by atoms with Crippen LogP contribution < -0.4 is 5.10 Å². The molecular formula is C53H46N6Pt. The van der Waals surface area contributed by atoms with Gasteiger partial charge < -0.3 is 19.3 Å². The van der Waals surface area contributed by atoms with Gasteiger partial charge in [-0.1, -0.05) is 109 Å². The zero-order valence-electron chi connectivity index (χ0n) is 35.5. The summed E-state index contributed by atoms with van der Waals surface area (Å²) in [5.74, 6) is 0.874. The summed E-state index contributed by atoms with van der Waals surface area (Å²) in [7, 11) is 0. The van der Waals surface area contributed by atoms with Crippen LogP contribution in [0.3, 0.4) is 0 Å². The monoisotopic (exact) mass is 961 g/mol. The van der Waals surface area contributed by atoms with Gasteiger partial charge in [-0.3, -0.25) is 0 Å². The number of pyridine rings is 2. The van der Waals surface area contributed by atoms with E-state index in [2.05, 4.69) is 187 Å². The molecule has 60 heavy (non-hydrogen) atoms. The van der Waals surface area contributed by atoms with Crippen LogP contribution in [0.2, 0.25) is 0 Å². The summed E-state index contributed by atoms with van der Waals surface area (Å²) in [4.78, 5) is 10.5. The maximum atomic E-state index is 5.55. The summed E-state index contributed by atoms with van der Waals surface area (Å²) in [5, 5.41) is 14.5. The number of para-hydroxylation sites is 2. The van der Waals surface area contributed by atoms with Gasteiger partial charge in [-0.2, -0.15) is 6.07 Å². The quantitative estimate of drug-likeness (QED) is 0.161. The van der Waals surface area contributed by atoms with Gasteiger partial charge in [-0.25, -0.2) is 9.97 Å². The normalized spacial score (nSPS) is 11.9. The molecule has 0 fully saturated rings. The fraction of sp³-hybridized carbons (Fsp3) is 0.189. The maximum absolute atomic E-state index is 5.55. The molecule has 7 heteroatoms. The summed E-state index contributed by atoms with van der Waals surface area (Å²) < 4.78 is 4.51. The number of aromatic nitrogens is 6. The van der Waals surface area contributed by atoms with E-state index in [9.17, 15) is 0 Å². The van der Waals surface area contributed by atoms with Crippen LogP contribution in [0.5, 0.6) is 0 Å². The summed E-state index contributed by atoms with van der Waals surface area (Å²) in [6, 6.07) is 43.0. The molecule has 0 saturated carbocycles. The van der Waals surface area contributed by atoms with E-state index >= 15 is 0 Å². The molecule has 5 aromatic carbocycles. The van der Waals surface area contributed by atoms with E-state index in [-0.39, 0.29) is 26.5 Å². The minimum absolute atomic E-state index is 0. The average molecular weight is 962 g/mol. The number of fused-ring (bicyclic) bond motifs is 6. The van der Waals surface area contributed by atoms with Crippen molar-refractivity contribution < 1.29 is 21.1 Å². The third kappa shape index (κ3) is 6.23. The van der Waals surface area contributed by atoms with Gasteiger partial charge in [0, 0.05) is 28.0 Å². The third-order valence-corrected chi connectivity index (χ3v) is 12.0. The molecule has 0 saturated heterocycles. The molecule has 10 aromatic rings. The molecule has 298 valence electrons. The van der Waals surface area contributed by atoms with E-state index in [1.54, 1.807) is 0 Å². The first-order valence-corrected chi connectivity index (χ1v) is 20.4. The van der Waals surface area contributed by atoms with Crippen molar-refractivity contribution in [3.8, 4) is 45.3 Å². The summed E-state index contributed by atoms with van der Waals surface area (Å²) in [6.07, 6.45) is 1.92. The minimum atomic E-state index is -0.0287. The Kier molecular flexibility index (Phi) is 9.56. The molecule has 0 aliphatic carbocycles. The first-order valence-electron chi connectivity index (χ1n) is 20.4. The molecule has 0 aliphatic heterocycles. The van der Waals surface area contributed by atoms with Gasteiger partial charge in [-0.15, -0.1) is 17.5 Å². The van der Waals surface area contributed by atoms with Crippen molar-refractivity contribution in [1.29, 1.82) is 0 Å². The number of hydrogen-bond donors (Lipinski definition) is 0. The summed E-state index contributed by atoms with van der Waals surface area (Å²) in [6.45, 7) is 19.8. The molecule has 0 atom stereocenters. The molecule has 5 aromatic heterocycles. The Hall–Kier alpha value is -6.10. The van der Waals surface area contributed by atoms with E-state index in [0.29, 0.717) is 0 Å². The zero-order valence-corrected chi connectivity index (χ0v) is 37.7. The Labute approximate surface area is 365 Å². The second kappa shape index (κ2) is 14.6. The van der Waals surface area contributed by atoms with E-state index in [0.717, 1.165) is 89.0 Å². The van der Waals surface area contributed by atoms with E-state index in [4.69, 9.17) is 20.2 Å². The zero-order chi connectivity index (χ0) is 40.9. The molecule has 5 heterocycles. The van der Waals surface area contributed by atoms with Crippen LogP contribution in [0.25, 0.3) is 89.0 Å². The van der Waals surface area contributed by atoms with Crippen molar-refractivity contribution in [2.75, 3.05) is 0 Å². The van der Waals surface area contributed by atoms with Gasteiger partial charge in [0.05, 0.1) is 16.9 Å². The molecular weight excluding hydrogens is 916 g/mol.